The number of urea groups is 1. The monoisotopic (exact) mass is 430 g/mol. The molecule has 1 N–H and O–H groups in total. The Bertz CT molecular complexity index is 944. The van der Waals surface area contributed by atoms with Crippen LogP contribution in [0.25, 0.3) is 0 Å². The minimum absolute atomic E-state index is 0.0996. The fourth-order valence-corrected chi connectivity index (χ4v) is 4.99. The van der Waals surface area contributed by atoms with E-state index >= 15 is 0 Å². The van der Waals surface area contributed by atoms with E-state index in [1.807, 2.05) is 0 Å². The number of amides is 2. The van der Waals surface area contributed by atoms with Crippen molar-refractivity contribution in [2.24, 2.45) is 0 Å². The van der Waals surface area contributed by atoms with Gasteiger partial charge in [0.2, 0.25) is 0 Å². The summed E-state index contributed by atoms with van der Waals surface area (Å²) in [5.41, 5.74) is 0.510. The molecule has 2 aromatic rings. The van der Waals surface area contributed by atoms with Gasteiger partial charge >= 0.3 is 6.03 Å². The molecule has 0 unspecified atom stereocenters. The molecular weight excluding hydrogens is 414 g/mol. The quantitative estimate of drug-likeness (QED) is 0.723. The summed E-state index contributed by atoms with van der Waals surface area (Å²) in [6.07, 6.45) is 0.628. The third-order valence-electron chi connectivity index (χ3n) is 4.48. The lowest BCUT2D eigenvalue weighted by Crippen LogP contribution is -2.44. The van der Waals surface area contributed by atoms with E-state index in [2.05, 4.69) is 5.32 Å². The summed E-state index contributed by atoms with van der Waals surface area (Å²) >= 11 is 11.8. The molecule has 1 saturated heterocycles. The molecule has 2 amide bonds. The Labute approximate surface area is 167 Å². The van der Waals surface area contributed by atoms with Crippen molar-refractivity contribution in [1.29, 1.82) is 0 Å². The first-order valence-corrected chi connectivity index (χ1v) is 10.6. The van der Waals surface area contributed by atoms with Gasteiger partial charge in [-0.3, -0.25) is 0 Å². The molecule has 3 rings (SSSR count). The molecule has 0 spiro atoms. The van der Waals surface area contributed by atoms with Crippen molar-refractivity contribution in [3.63, 3.8) is 0 Å². The lowest BCUT2D eigenvalue weighted by molar-refractivity contribution is 0.200. The normalized spacial score (nSPS) is 15.6. The highest BCUT2D eigenvalue weighted by Gasteiger charge is 2.32. The standard InChI is InChI=1S/C18H17Cl2FN2O3S/c19-16-6-3-13(11-17(16)20)22-18(24)23-9-7-15(8-10-23)27(25,26)14-4-1-12(21)2-5-14/h1-6,11,15H,7-10H2,(H,22,24). The van der Waals surface area contributed by atoms with Gasteiger partial charge in [0.15, 0.2) is 9.84 Å². The van der Waals surface area contributed by atoms with Gasteiger partial charge in [-0.1, -0.05) is 23.2 Å². The molecule has 1 aliphatic heterocycles. The molecule has 2 aromatic carbocycles. The van der Waals surface area contributed by atoms with Crippen LogP contribution in [0.3, 0.4) is 0 Å². The first-order chi connectivity index (χ1) is 12.8. The molecule has 0 radical (unpaired) electrons. The van der Waals surface area contributed by atoms with Crippen LogP contribution < -0.4 is 5.32 Å². The molecule has 0 saturated carbocycles. The molecule has 0 bridgehead atoms. The van der Waals surface area contributed by atoms with Crippen molar-refractivity contribution in [2.45, 2.75) is 23.0 Å². The van der Waals surface area contributed by atoms with Crippen LogP contribution in [0.5, 0.6) is 0 Å². The summed E-state index contributed by atoms with van der Waals surface area (Å²) < 4.78 is 38.4. The van der Waals surface area contributed by atoms with Gasteiger partial charge in [-0.15, -0.1) is 0 Å². The van der Waals surface area contributed by atoms with Crippen molar-refractivity contribution < 1.29 is 17.6 Å². The Morgan fingerprint density at radius 3 is 2.26 bits per heavy atom. The highest BCUT2D eigenvalue weighted by Crippen LogP contribution is 2.27. The van der Waals surface area contributed by atoms with E-state index in [9.17, 15) is 17.6 Å². The average molecular weight is 431 g/mol. The summed E-state index contributed by atoms with van der Waals surface area (Å²) in [5.74, 6) is -0.484. The van der Waals surface area contributed by atoms with E-state index in [0.717, 1.165) is 12.1 Å². The zero-order valence-electron chi connectivity index (χ0n) is 14.2. The molecule has 144 valence electrons. The van der Waals surface area contributed by atoms with Gasteiger partial charge in [-0.25, -0.2) is 17.6 Å². The van der Waals surface area contributed by atoms with Gasteiger partial charge in [-0.05, 0) is 55.3 Å². The number of carbonyl (C=O) groups is 1. The van der Waals surface area contributed by atoms with Crippen LogP contribution in [-0.2, 0) is 9.84 Å². The summed E-state index contributed by atoms with van der Waals surface area (Å²) in [6, 6.07) is 9.25. The number of benzene rings is 2. The Kier molecular flexibility index (Phi) is 5.93. The van der Waals surface area contributed by atoms with Crippen molar-refractivity contribution >= 4 is 44.8 Å². The summed E-state index contributed by atoms with van der Waals surface area (Å²) in [5, 5.41) is 2.85. The highest BCUT2D eigenvalue weighted by molar-refractivity contribution is 7.92. The van der Waals surface area contributed by atoms with E-state index in [-0.39, 0.29) is 10.9 Å². The number of hydrogen-bond acceptors (Lipinski definition) is 3. The Morgan fingerprint density at radius 2 is 1.67 bits per heavy atom. The average Bonchev–Trinajstić information content (AvgIpc) is 2.65. The third kappa shape index (κ3) is 4.54. The molecule has 1 aliphatic rings. The number of anilines is 1. The van der Waals surface area contributed by atoms with Gasteiger partial charge in [0.1, 0.15) is 5.82 Å². The van der Waals surface area contributed by atoms with Gasteiger partial charge in [0, 0.05) is 18.8 Å². The fourth-order valence-electron chi connectivity index (χ4n) is 2.96. The maximum atomic E-state index is 13.0. The van der Waals surface area contributed by atoms with Crippen molar-refractivity contribution in [2.75, 3.05) is 18.4 Å². The van der Waals surface area contributed by atoms with Gasteiger partial charge in [0.25, 0.3) is 0 Å². The molecule has 1 fully saturated rings. The number of nitrogens with zero attached hydrogens (tertiary/aromatic N) is 1. The summed E-state index contributed by atoms with van der Waals surface area (Å²) in [7, 11) is -3.55. The maximum Gasteiger partial charge on any atom is 0.321 e. The number of hydrogen-bond donors (Lipinski definition) is 1. The van der Waals surface area contributed by atoms with E-state index in [4.69, 9.17) is 23.2 Å². The Morgan fingerprint density at radius 1 is 1.04 bits per heavy atom. The first kappa shape index (κ1) is 19.9. The molecule has 1 heterocycles. The molecular formula is C18H17Cl2FN2O3S. The molecule has 27 heavy (non-hydrogen) atoms. The van der Waals surface area contributed by atoms with Crippen LogP contribution in [-0.4, -0.2) is 37.7 Å². The Balaban J connectivity index is 1.61. The van der Waals surface area contributed by atoms with Crippen LogP contribution in [0.4, 0.5) is 14.9 Å². The smallest absolute Gasteiger partial charge is 0.321 e. The second kappa shape index (κ2) is 8.04. The second-order valence-corrected chi connectivity index (χ2v) is 9.29. The van der Waals surface area contributed by atoms with Crippen LogP contribution in [0.15, 0.2) is 47.4 Å². The third-order valence-corrected chi connectivity index (χ3v) is 7.50. The minimum atomic E-state index is -3.55. The highest BCUT2D eigenvalue weighted by atomic mass is 35.5. The zero-order chi connectivity index (χ0) is 19.6. The number of carbonyl (C=O) groups excluding carboxylic acids is 1. The van der Waals surface area contributed by atoms with Crippen LogP contribution in [0.2, 0.25) is 10.0 Å². The number of halogens is 3. The number of rotatable bonds is 3. The zero-order valence-corrected chi connectivity index (χ0v) is 16.5. The van der Waals surface area contributed by atoms with Crippen molar-refractivity contribution in [1.82, 2.24) is 4.90 Å². The number of sulfone groups is 1. The second-order valence-electron chi connectivity index (χ2n) is 6.24. The SMILES string of the molecule is O=C(Nc1ccc(Cl)c(Cl)c1)N1CCC(S(=O)(=O)c2ccc(F)cc2)CC1. The topological polar surface area (TPSA) is 66.5 Å². The van der Waals surface area contributed by atoms with E-state index in [1.165, 1.54) is 12.1 Å². The van der Waals surface area contributed by atoms with Crippen LogP contribution >= 0.6 is 23.2 Å². The molecule has 5 nitrogen and oxygen atoms in total. The minimum Gasteiger partial charge on any atom is -0.324 e. The van der Waals surface area contributed by atoms with Gasteiger partial charge in [0.05, 0.1) is 20.2 Å². The van der Waals surface area contributed by atoms with Crippen LogP contribution in [0, 0.1) is 5.82 Å². The molecule has 0 aliphatic carbocycles. The lowest BCUT2D eigenvalue weighted by atomic mass is 10.1. The number of likely N-dealkylation sites (tertiary alicyclic amines) is 1. The predicted molar refractivity (Wildman–Crippen MR) is 104 cm³/mol. The van der Waals surface area contributed by atoms with E-state index in [0.29, 0.717) is 41.7 Å². The summed E-state index contributed by atoms with van der Waals surface area (Å²) in [6.45, 7) is 0.608. The van der Waals surface area contributed by atoms with Crippen molar-refractivity contribution in [3.8, 4) is 0 Å². The van der Waals surface area contributed by atoms with E-state index in [1.54, 1.807) is 23.1 Å². The predicted octanol–water partition coefficient (Wildman–Crippen LogP) is 4.60. The van der Waals surface area contributed by atoms with Crippen molar-refractivity contribution in [3.05, 3.63) is 58.3 Å². The largest absolute Gasteiger partial charge is 0.324 e. The first-order valence-electron chi connectivity index (χ1n) is 8.28. The van der Waals surface area contributed by atoms with Crippen LogP contribution in [0.1, 0.15) is 12.8 Å². The number of nitrogens with one attached hydrogen (secondary N) is 1. The molecule has 9 heteroatoms. The molecule has 0 atom stereocenters. The van der Waals surface area contributed by atoms with E-state index < -0.39 is 20.9 Å². The lowest BCUT2D eigenvalue weighted by Gasteiger charge is -2.31. The van der Waals surface area contributed by atoms with Gasteiger partial charge in [-0.2, -0.15) is 0 Å². The van der Waals surface area contributed by atoms with Gasteiger partial charge < -0.3 is 10.2 Å². The maximum absolute atomic E-state index is 13.0. The fraction of sp³-hybridized carbons (Fsp3) is 0.278. The number of piperidine rings is 1. The summed E-state index contributed by atoms with van der Waals surface area (Å²) in [4.78, 5) is 14.0. The Hall–Kier alpha value is -1.83. The molecule has 0 aromatic heterocycles.